The smallest absolute Gasteiger partial charge is 0.210 e. The Morgan fingerprint density at radius 3 is 2.53 bits per heavy atom. The highest BCUT2D eigenvalue weighted by Gasteiger charge is 2.10. The first-order chi connectivity index (χ1) is 7.20. The third-order valence-electron chi connectivity index (χ3n) is 2.06. The van der Waals surface area contributed by atoms with Gasteiger partial charge in [-0.05, 0) is 19.1 Å². The Labute approximate surface area is 101 Å². The quantitative estimate of drug-likeness (QED) is 0.775. The number of halogens is 2. The monoisotopic (exact) mass is 285 g/mol. The summed E-state index contributed by atoms with van der Waals surface area (Å²) in [5.41, 5.74) is 1.88. The first kappa shape index (κ1) is 10.7. The zero-order valence-corrected chi connectivity index (χ0v) is 10.5. The number of aromatic nitrogens is 1. The van der Waals surface area contributed by atoms with Gasteiger partial charge in [0.15, 0.2) is 5.76 Å². The van der Waals surface area contributed by atoms with Crippen molar-refractivity contribution in [1.82, 2.24) is 4.98 Å². The van der Waals surface area contributed by atoms with Crippen LogP contribution in [0.25, 0.3) is 11.3 Å². The van der Waals surface area contributed by atoms with Crippen molar-refractivity contribution in [3.8, 4) is 11.3 Å². The number of nitrogens with zero attached hydrogens (tertiary/aromatic N) is 1. The average molecular weight is 287 g/mol. The van der Waals surface area contributed by atoms with E-state index >= 15 is 0 Å². The van der Waals surface area contributed by atoms with Crippen LogP contribution in [0.3, 0.4) is 0 Å². The van der Waals surface area contributed by atoms with Crippen LogP contribution in [0.5, 0.6) is 0 Å². The van der Waals surface area contributed by atoms with Crippen LogP contribution in [0.1, 0.15) is 11.6 Å². The Morgan fingerprint density at radius 2 is 2.00 bits per heavy atom. The lowest BCUT2D eigenvalue weighted by atomic mass is 10.1. The molecule has 0 saturated carbocycles. The molecule has 0 bridgehead atoms. The molecule has 0 aliphatic rings. The first-order valence-corrected chi connectivity index (χ1v) is 5.81. The molecule has 0 amide bonds. The molecule has 0 atom stereocenters. The summed E-state index contributed by atoms with van der Waals surface area (Å²) in [5.74, 6) is 1.66. The molecule has 1 heterocycles. The third kappa shape index (κ3) is 2.24. The summed E-state index contributed by atoms with van der Waals surface area (Å²) in [6.45, 7) is 1.91. The first-order valence-electron chi connectivity index (χ1n) is 4.49. The maximum absolute atomic E-state index is 5.66. The van der Waals surface area contributed by atoms with Crippen molar-refractivity contribution in [3.63, 3.8) is 0 Å². The Kier molecular flexibility index (Phi) is 3.12. The normalized spacial score (nSPS) is 10.6. The van der Waals surface area contributed by atoms with Crippen LogP contribution >= 0.6 is 27.5 Å². The zero-order valence-electron chi connectivity index (χ0n) is 8.13. The molecule has 2 aromatic rings. The van der Waals surface area contributed by atoms with Gasteiger partial charge in [0, 0.05) is 10.0 Å². The molecule has 0 spiro atoms. The fourth-order valence-electron chi connectivity index (χ4n) is 1.38. The number of benzene rings is 1. The third-order valence-corrected chi connectivity index (χ3v) is 2.82. The molecule has 15 heavy (non-hydrogen) atoms. The van der Waals surface area contributed by atoms with Crippen LogP contribution in [0, 0.1) is 6.92 Å². The Balaban J connectivity index is 2.44. The number of alkyl halides is 1. The molecule has 0 saturated heterocycles. The number of rotatable bonds is 2. The van der Waals surface area contributed by atoms with Crippen LogP contribution in [0.15, 0.2) is 33.2 Å². The minimum atomic E-state index is 0.303. The van der Waals surface area contributed by atoms with Gasteiger partial charge in [0.1, 0.15) is 0 Å². The molecular formula is C11H9BrClNO. The molecule has 0 N–H and O–H groups in total. The molecule has 0 unspecified atom stereocenters. The molecule has 78 valence electrons. The second-order valence-corrected chi connectivity index (χ2v) is 4.35. The number of aryl methyl sites for hydroxylation is 1. The molecule has 0 radical (unpaired) electrons. The van der Waals surface area contributed by atoms with Crippen molar-refractivity contribution in [2.75, 3.05) is 0 Å². The summed E-state index contributed by atoms with van der Waals surface area (Å²) in [6, 6.07) is 7.90. The molecular weight excluding hydrogens is 277 g/mol. The van der Waals surface area contributed by atoms with Gasteiger partial charge in [-0.15, -0.1) is 11.6 Å². The molecule has 0 aliphatic carbocycles. The second kappa shape index (κ2) is 4.37. The molecule has 1 aromatic heterocycles. The van der Waals surface area contributed by atoms with Gasteiger partial charge in [-0.1, -0.05) is 28.1 Å². The minimum absolute atomic E-state index is 0.303. The van der Waals surface area contributed by atoms with Crippen LogP contribution in [0.2, 0.25) is 0 Å². The second-order valence-electron chi connectivity index (χ2n) is 3.16. The lowest BCUT2D eigenvalue weighted by Gasteiger charge is -1.97. The Bertz CT molecular complexity index is 464. The van der Waals surface area contributed by atoms with Crippen molar-refractivity contribution < 1.29 is 4.42 Å². The van der Waals surface area contributed by atoms with Gasteiger partial charge in [0.2, 0.25) is 5.89 Å². The van der Waals surface area contributed by atoms with E-state index in [1.54, 1.807) is 0 Å². The van der Waals surface area contributed by atoms with Gasteiger partial charge in [-0.3, -0.25) is 0 Å². The van der Waals surface area contributed by atoms with E-state index in [1.165, 1.54) is 0 Å². The average Bonchev–Trinajstić information content (AvgIpc) is 2.61. The highest BCUT2D eigenvalue weighted by Crippen LogP contribution is 2.26. The van der Waals surface area contributed by atoms with Gasteiger partial charge in [0.25, 0.3) is 0 Å². The molecule has 2 nitrogen and oxygen atoms in total. The zero-order chi connectivity index (χ0) is 10.8. The lowest BCUT2D eigenvalue weighted by molar-refractivity contribution is 0.528. The topological polar surface area (TPSA) is 26.0 Å². The SMILES string of the molecule is Cc1nc(CCl)oc1-c1ccc(Br)cc1. The molecule has 0 fully saturated rings. The summed E-state index contributed by atoms with van der Waals surface area (Å²) >= 11 is 9.05. The number of hydrogen-bond acceptors (Lipinski definition) is 2. The van der Waals surface area contributed by atoms with Gasteiger partial charge in [0.05, 0.1) is 11.6 Å². The van der Waals surface area contributed by atoms with E-state index in [0.717, 1.165) is 21.5 Å². The Hall–Kier alpha value is -0.800. The van der Waals surface area contributed by atoms with E-state index in [0.29, 0.717) is 11.8 Å². The van der Waals surface area contributed by atoms with Gasteiger partial charge in [-0.2, -0.15) is 0 Å². The van der Waals surface area contributed by atoms with Crippen LogP contribution in [-0.4, -0.2) is 4.98 Å². The Morgan fingerprint density at radius 1 is 1.33 bits per heavy atom. The van der Waals surface area contributed by atoms with Gasteiger partial charge < -0.3 is 4.42 Å². The predicted octanol–water partition coefficient (Wildman–Crippen LogP) is 4.15. The summed E-state index contributed by atoms with van der Waals surface area (Å²) < 4.78 is 6.57. The van der Waals surface area contributed by atoms with E-state index in [2.05, 4.69) is 20.9 Å². The van der Waals surface area contributed by atoms with Crippen LogP contribution in [-0.2, 0) is 5.88 Å². The van der Waals surface area contributed by atoms with Crippen molar-refractivity contribution >= 4 is 27.5 Å². The molecule has 1 aromatic carbocycles. The van der Waals surface area contributed by atoms with Crippen LogP contribution < -0.4 is 0 Å². The summed E-state index contributed by atoms with van der Waals surface area (Å²) in [4.78, 5) is 4.22. The number of hydrogen-bond donors (Lipinski definition) is 0. The molecule has 4 heteroatoms. The van der Waals surface area contributed by atoms with Crippen LogP contribution in [0.4, 0.5) is 0 Å². The van der Waals surface area contributed by atoms with E-state index in [-0.39, 0.29) is 0 Å². The van der Waals surface area contributed by atoms with Gasteiger partial charge in [-0.25, -0.2) is 4.98 Å². The maximum Gasteiger partial charge on any atom is 0.210 e. The molecule has 0 aliphatic heterocycles. The largest absolute Gasteiger partial charge is 0.439 e. The van der Waals surface area contributed by atoms with Crippen molar-refractivity contribution in [2.24, 2.45) is 0 Å². The lowest BCUT2D eigenvalue weighted by Crippen LogP contribution is -1.78. The fourth-order valence-corrected chi connectivity index (χ4v) is 1.76. The fraction of sp³-hybridized carbons (Fsp3) is 0.182. The van der Waals surface area contributed by atoms with Gasteiger partial charge >= 0.3 is 0 Å². The molecule has 2 rings (SSSR count). The highest BCUT2D eigenvalue weighted by molar-refractivity contribution is 9.10. The van der Waals surface area contributed by atoms with E-state index in [9.17, 15) is 0 Å². The van der Waals surface area contributed by atoms with E-state index < -0.39 is 0 Å². The summed E-state index contributed by atoms with van der Waals surface area (Å²) in [5, 5.41) is 0. The van der Waals surface area contributed by atoms with Crippen molar-refractivity contribution in [1.29, 1.82) is 0 Å². The van der Waals surface area contributed by atoms with E-state index in [4.69, 9.17) is 16.0 Å². The van der Waals surface area contributed by atoms with Crippen molar-refractivity contribution in [2.45, 2.75) is 12.8 Å². The summed E-state index contributed by atoms with van der Waals surface area (Å²) in [7, 11) is 0. The standard InChI is InChI=1S/C11H9BrClNO/c1-7-11(15-10(6-13)14-7)8-2-4-9(12)5-3-8/h2-5H,6H2,1H3. The minimum Gasteiger partial charge on any atom is -0.439 e. The van der Waals surface area contributed by atoms with Crippen molar-refractivity contribution in [3.05, 3.63) is 40.3 Å². The van der Waals surface area contributed by atoms with E-state index in [1.807, 2.05) is 31.2 Å². The summed E-state index contributed by atoms with van der Waals surface area (Å²) in [6.07, 6.45) is 0. The predicted molar refractivity (Wildman–Crippen MR) is 63.9 cm³/mol. The maximum atomic E-state index is 5.66. The number of oxazole rings is 1. The highest BCUT2D eigenvalue weighted by atomic mass is 79.9.